The maximum atomic E-state index is 12.0. The summed E-state index contributed by atoms with van der Waals surface area (Å²) in [4.78, 5) is 14.4. The van der Waals surface area contributed by atoms with E-state index < -0.39 is 0 Å². The highest BCUT2D eigenvalue weighted by atomic mass is 16.2. The van der Waals surface area contributed by atoms with Gasteiger partial charge in [0, 0.05) is 24.5 Å². The van der Waals surface area contributed by atoms with Crippen molar-refractivity contribution >= 4 is 23.6 Å². The van der Waals surface area contributed by atoms with Crippen molar-refractivity contribution in [3.8, 4) is 0 Å². The van der Waals surface area contributed by atoms with Gasteiger partial charge < -0.3 is 10.2 Å². The van der Waals surface area contributed by atoms with Gasteiger partial charge in [0.25, 0.3) is 0 Å². The quantitative estimate of drug-likeness (QED) is 0.635. The van der Waals surface area contributed by atoms with Gasteiger partial charge in [0.15, 0.2) is 0 Å². The normalized spacial score (nSPS) is 14.0. The minimum absolute atomic E-state index is 0.351. The van der Waals surface area contributed by atoms with Crippen LogP contribution in [0, 0.1) is 20.8 Å². The van der Waals surface area contributed by atoms with Crippen LogP contribution in [-0.2, 0) is 0 Å². The Labute approximate surface area is 155 Å². The second-order valence-corrected chi connectivity index (χ2v) is 6.86. The van der Waals surface area contributed by atoms with Crippen molar-refractivity contribution in [2.75, 3.05) is 23.3 Å². The van der Waals surface area contributed by atoms with E-state index >= 15 is 0 Å². The number of anilines is 2. The Balaban J connectivity index is 1.57. The summed E-state index contributed by atoms with van der Waals surface area (Å²) >= 11 is 0. The molecule has 0 aromatic heterocycles. The van der Waals surface area contributed by atoms with Crippen LogP contribution < -0.4 is 15.6 Å². The van der Waals surface area contributed by atoms with Crippen LogP contribution in [0.1, 0.15) is 35.1 Å². The number of hydrazone groups is 1. The molecule has 1 aliphatic rings. The predicted molar refractivity (Wildman–Crippen MR) is 108 cm³/mol. The van der Waals surface area contributed by atoms with Crippen LogP contribution >= 0.6 is 0 Å². The summed E-state index contributed by atoms with van der Waals surface area (Å²) in [6.45, 7) is 8.39. The topological polar surface area (TPSA) is 56.7 Å². The molecular weight excluding hydrogens is 324 g/mol. The van der Waals surface area contributed by atoms with Gasteiger partial charge in [0.05, 0.1) is 6.21 Å². The van der Waals surface area contributed by atoms with Gasteiger partial charge in [-0.05, 0) is 80.1 Å². The Bertz CT molecular complexity index is 823. The van der Waals surface area contributed by atoms with Crippen molar-refractivity contribution < 1.29 is 4.79 Å². The molecule has 1 heterocycles. The van der Waals surface area contributed by atoms with E-state index in [1.807, 2.05) is 32.0 Å². The lowest BCUT2D eigenvalue weighted by Gasteiger charge is -2.18. The van der Waals surface area contributed by atoms with Crippen LogP contribution in [0.2, 0.25) is 0 Å². The summed E-state index contributed by atoms with van der Waals surface area (Å²) in [5.41, 5.74) is 9.02. The molecule has 1 aliphatic heterocycles. The molecule has 2 aromatic rings. The summed E-state index contributed by atoms with van der Waals surface area (Å²) in [7, 11) is 0. The Kier molecular flexibility index (Phi) is 5.56. The second-order valence-electron chi connectivity index (χ2n) is 6.86. The smallest absolute Gasteiger partial charge is 0.339 e. The Morgan fingerprint density at radius 1 is 1.00 bits per heavy atom. The van der Waals surface area contributed by atoms with Gasteiger partial charge >= 0.3 is 6.03 Å². The van der Waals surface area contributed by atoms with E-state index in [9.17, 15) is 4.79 Å². The number of nitrogens with zero attached hydrogens (tertiary/aromatic N) is 2. The molecule has 0 aliphatic carbocycles. The highest BCUT2D eigenvalue weighted by Crippen LogP contribution is 2.22. The van der Waals surface area contributed by atoms with Gasteiger partial charge in [-0.15, -0.1) is 0 Å². The zero-order valence-electron chi connectivity index (χ0n) is 15.7. The van der Waals surface area contributed by atoms with E-state index in [-0.39, 0.29) is 6.03 Å². The van der Waals surface area contributed by atoms with Crippen molar-refractivity contribution in [1.29, 1.82) is 0 Å². The van der Waals surface area contributed by atoms with Gasteiger partial charge in [-0.2, -0.15) is 5.10 Å². The second kappa shape index (κ2) is 8.04. The van der Waals surface area contributed by atoms with E-state index in [0.717, 1.165) is 35.5 Å². The maximum Gasteiger partial charge on any atom is 0.339 e. The van der Waals surface area contributed by atoms with Crippen LogP contribution in [0.4, 0.5) is 16.2 Å². The zero-order chi connectivity index (χ0) is 18.5. The summed E-state index contributed by atoms with van der Waals surface area (Å²) in [6, 6.07) is 11.8. The third kappa shape index (κ3) is 4.42. The van der Waals surface area contributed by atoms with Crippen molar-refractivity contribution in [3.63, 3.8) is 0 Å². The fourth-order valence-electron chi connectivity index (χ4n) is 3.12. The molecule has 3 rings (SSSR count). The number of urea groups is 1. The molecule has 0 unspecified atom stereocenters. The number of hydrogen-bond donors (Lipinski definition) is 2. The maximum absolute atomic E-state index is 12.0. The number of aryl methyl sites for hydroxylation is 3. The lowest BCUT2D eigenvalue weighted by molar-refractivity contribution is 0.252. The lowest BCUT2D eigenvalue weighted by Crippen LogP contribution is -2.24. The monoisotopic (exact) mass is 350 g/mol. The Morgan fingerprint density at radius 3 is 2.46 bits per heavy atom. The van der Waals surface area contributed by atoms with Crippen molar-refractivity contribution in [2.24, 2.45) is 5.10 Å². The van der Waals surface area contributed by atoms with E-state index in [4.69, 9.17) is 0 Å². The first-order valence-electron chi connectivity index (χ1n) is 9.06. The van der Waals surface area contributed by atoms with Gasteiger partial charge in [0.2, 0.25) is 0 Å². The van der Waals surface area contributed by atoms with Gasteiger partial charge in [0.1, 0.15) is 0 Å². The molecule has 0 spiro atoms. The van der Waals surface area contributed by atoms with Gasteiger partial charge in [-0.1, -0.05) is 12.1 Å². The van der Waals surface area contributed by atoms with Crippen LogP contribution in [0.25, 0.3) is 0 Å². The number of nitrogens with one attached hydrogen (secondary N) is 2. The first-order valence-corrected chi connectivity index (χ1v) is 9.06. The average Bonchev–Trinajstić information content (AvgIpc) is 3.14. The summed E-state index contributed by atoms with van der Waals surface area (Å²) in [5.74, 6) is 0. The number of carbonyl (C=O) groups is 1. The average molecular weight is 350 g/mol. The third-order valence-corrected chi connectivity index (χ3v) is 4.86. The highest BCUT2D eigenvalue weighted by molar-refractivity contribution is 5.90. The molecule has 0 bridgehead atoms. The SMILES string of the molecule is Cc1ccc(NC(=O)N/N=C/c2ccc(N3CCCC3)cc2C)cc1C. The van der Waals surface area contributed by atoms with Crippen molar-refractivity contribution in [3.05, 3.63) is 58.7 Å². The molecule has 2 N–H and O–H groups in total. The predicted octanol–water partition coefficient (Wildman–Crippen LogP) is 4.37. The molecule has 2 aromatic carbocycles. The molecule has 5 nitrogen and oxygen atoms in total. The lowest BCUT2D eigenvalue weighted by atomic mass is 10.1. The van der Waals surface area contributed by atoms with E-state index in [2.05, 4.69) is 45.9 Å². The number of amides is 2. The minimum Gasteiger partial charge on any atom is -0.372 e. The molecule has 0 saturated carbocycles. The Morgan fingerprint density at radius 2 is 1.77 bits per heavy atom. The number of hydrogen-bond acceptors (Lipinski definition) is 3. The number of rotatable bonds is 4. The van der Waals surface area contributed by atoms with Crippen molar-refractivity contribution in [1.82, 2.24) is 5.43 Å². The first-order chi connectivity index (χ1) is 12.5. The molecule has 0 radical (unpaired) electrons. The third-order valence-electron chi connectivity index (χ3n) is 4.86. The molecule has 0 atom stereocenters. The minimum atomic E-state index is -0.351. The van der Waals surface area contributed by atoms with Crippen molar-refractivity contribution in [2.45, 2.75) is 33.6 Å². The molecule has 5 heteroatoms. The summed E-state index contributed by atoms with van der Waals surface area (Å²) < 4.78 is 0. The molecule has 1 fully saturated rings. The Hall–Kier alpha value is -2.82. The largest absolute Gasteiger partial charge is 0.372 e. The van der Waals surface area contributed by atoms with Gasteiger partial charge in [-0.25, -0.2) is 10.2 Å². The highest BCUT2D eigenvalue weighted by Gasteiger charge is 2.12. The molecule has 136 valence electrons. The van der Waals surface area contributed by atoms with Crippen LogP contribution in [0.15, 0.2) is 41.5 Å². The zero-order valence-corrected chi connectivity index (χ0v) is 15.7. The number of benzene rings is 2. The summed E-state index contributed by atoms with van der Waals surface area (Å²) in [5, 5.41) is 6.85. The van der Waals surface area contributed by atoms with Gasteiger partial charge in [-0.3, -0.25) is 0 Å². The van der Waals surface area contributed by atoms with E-state index in [1.165, 1.54) is 24.1 Å². The summed E-state index contributed by atoms with van der Waals surface area (Å²) in [6.07, 6.45) is 4.21. The van der Waals surface area contributed by atoms with Crippen LogP contribution in [0.5, 0.6) is 0 Å². The molecule has 26 heavy (non-hydrogen) atoms. The molecular formula is C21H26N4O. The first kappa shape index (κ1) is 18.0. The van der Waals surface area contributed by atoms with E-state index in [0.29, 0.717) is 0 Å². The molecule has 1 saturated heterocycles. The molecule has 2 amide bonds. The number of carbonyl (C=O) groups excluding carboxylic acids is 1. The van der Waals surface area contributed by atoms with E-state index in [1.54, 1.807) is 6.21 Å². The van der Waals surface area contributed by atoms with Crippen LogP contribution in [-0.4, -0.2) is 25.3 Å². The standard InChI is InChI=1S/C21H26N4O/c1-15-6-8-19(12-16(15)2)23-21(26)24-22-14-18-7-9-20(13-17(18)3)25-10-4-5-11-25/h6-9,12-14H,4-5,10-11H2,1-3H3,(H2,23,24,26)/b22-14+. The fraction of sp³-hybridized carbons (Fsp3) is 0.333. The fourth-order valence-corrected chi connectivity index (χ4v) is 3.12. The van der Waals surface area contributed by atoms with Crippen LogP contribution in [0.3, 0.4) is 0 Å².